The van der Waals surface area contributed by atoms with E-state index >= 15 is 0 Å². The van der Waals surface area contributed by atoms with Crippen LogP contribution in [-0.2, 0) is 29.1 Å². The van der Waals surface area contributed by atoms with Gasteiger partial charge in [-0.15, -0.1) is 0 Å². The molecule has 0 radical (unpaired) electrons. The highest BCUT2D eigenvalue weighted by Crippen LogP contribution is 2.35. The monoisotopic (exact) mass is 528 g/mol. The Balaban J connectivity index is 1.43. The number of likely N-dealkylation sites (N-methyl/N-ethyl adjacent to an activating group) is 1. The van der Waals surface area contributed by atoms with Gasteiger partial charge in [0.1, 0.15) is 12.6 Å². The average Bonchev–Trinajstić information content (AvgIpc) is 3.52. The number of anilines is 1. The van der Waals surface area contributed by atoms with Crippen molar-refractivity contribution in [3.05, 3.63) is 87.8 Å². The second kappa shape index (κ2) is 10.7. The lowest BCUT2D eigenvalue weighted by Gasteiger charge is -2.25. The summed E-state index contributed by atoms with van der Waals surface area (Å²) in [7, 11) is 1.66. The zero-order chi connectivity index (χ0) is 27.7. The minimum absolute atomic E-state index is 0.135. The number of imidazole rings is 1. The van der Waals surface area contributed by atoms with E-state index in [1.807, 2.05) is 63.2 Å². The van der Waals surface area contributed by atoms with Crippen molar-refractivity contribution in [3.63, 3.8) is 0 Å². The van der Waals surface area contributed by atoms with Crippen LogP contribution >= 0.6 is 0 Å². The van der Waals surface area contributed by atoms with Crippen LogP contribution in [0.3, 0.4) is 0 Å². The Morgan fingerprint density at radius 1 is 0.949 bits per heavy atom. The molecule has 9 heteroatoms. The molecule has 1 N–H and O–H groups in total. The van der Waals surface area contributed by atoms with Crippen LogP contribution in [0.5, 0.6) is 11.5 Å². The number of rotatable bonds is 8. The number of aryl methyl sites for hydroxylation is 3. The maximum Gasteiger partial charge on any atom is 0.329 e. The van der Waals surface area contributed by atoms with E-state index in [1.54, 1.807) is 29.8 Å². The fourth-order valence-electron chi connectivity index (χ4n) is 5.13. The molecule has 9 nitrogen and oxygen atoms in total. The van der Waals surface area contributed by atoms with E-state index in [-0.39, 0.29) is 24.9 Å². The summed E-state index contributed by atoms with van der Waals surface area (Å²) >= 11 is 0. The van der Waals surface area contributed by atoms with Gasteiger partial charge < -0.3 is 19.7 Å². The minimum atomic E-state index is -0.853. The molecule has 0 bridgehead atoms. The third-order valence-corrected chi connectivity index (χ3v) is 7.16. The van der Waals surface area contributed by atoms with Crippen LogP contribution in [0.25, 0.3) is 11.0 Å². The number of hydrogen-bond acceptors (Lipinski definition) is 5. The van der Waals surface area contributed by atoms with Crippen LogP contribution < -0.4 is 25.4 Å². The van der Waals surface area contributed by atoms with Gasteiger partial charge in [0.25, 0.3) is 0 Å². The summed E-state index contributed by atoms with van der Waals surface area (Å²) in [5.41, 5.74) is 4.72. The van der Waals surface area contributed by atoms with Crippen LogP contribution in [-0.4, -0.2) is 40.8 Å². The summed E-state index contributed by atoms with van der Waals surface area (Å²) in [6.45, 7) is 6.22. The lowest BCUT2D eigenvalue weighted by atomic mass is 10.0. The third-order valence-electron chi connectivity index (χ3n) is 7.16. The topological polar surface area (TPSA) is 94.8 Å². The number of fused-ring (bicyclic) bond motifs is 2. The highest BCUT2D eigenvalue weighted by molar-refractivity contribution is 5.99. The Bertz CT molecular complexity index is 1610. The largest absolute Gasteiger partial charge is 0.454 e. The van der Waals surface area contributed by atoms with Gasteiger partial charge in [-0.05, 0) is 49.6 Å². The molecule has 202 valence electrons. The van der Waals surface area contributed by atoms with E-state index in [0.717, 1.165) is 27.7 Å². The standard InChI is InChI=1S/C30H32N4O5/c1-5-33-27-19(2)11-12-20(3)28(27)34(30(33)37)17-26(35)31-23(15-21-9-7-6-8-10-21)29(36)32(4)22-13-14-24-25(16-22)39-18-38-24/h6-14,16,23H,5,15,17-18H2,1-4H3,(H,31,35). The molecule has 4 aromatic rings. The van der Waals surface area contributed by atoms with Gasteiger partial charge in [0.15, 0.2) is 11.5 Å². The zero-order valence-electron chi connectivity index (χ0n) is 22.6. The van der Waals surface area contributed by atoms with E-state index in [4.69, 9.17) is 9.47 Å². The average molecular weight is 529 g/mol. The van der Waals surface area contributed by atoms with Crippen LogP contribution in [0.2, 0.25) is 0 Å². The van der Waals surface area contributed by atoms with Gasteiger partial charge in [0.2, 0.25) is 18.6 Å². The molecule has 0 saturated heterocycles. The summed E-state index contributed by atoms with van der Waals surface area (Å²) < 4.78 is 14.0. The van der Waals surface area contributed by atoms with Crippen LogP contribution in [0, 0.1) is 13.8 Å². The summed E-state index contributed by atoms with van der Waals surface area (Å²) in [4.78, 5) is 42.0. The van der Waals surface area contributed by atoms with E-state index < -0.39 is 11.9 Å². The van der Waals surface area contributed by atoms with Crippen molar-refractivity contribution in [1.82, 2.24) is 14.5 Å². The number of carbonyl (C=O) groups excluding carboxylic acids is 2. The molecular formula is C30H32N4O5. The Morgan fingerprint density at radius 2 is 1.62 bits per heavy atom. The fourth-order valence-corrected chi connectivity index (χ4v) is 5.13. The van der Waals surface area contributed by atoms with Crippen molar-refractivity contribution in [1.29, 1.82) is 0 Å². The molecular weight excluding hydrogens is 496 g/mol. The molecule has 5 rings (SSSR count). The lowest BCUT2D eigenvalue weighted by Crippen LogP contribution is -2.50. The fraction of sp³-hybridized carbons (Fsp3) is 0.300. The number of carbonyl (C=O) groups is 2. The van der Waals surface area contributed by atoms with Crippen molar-refractivity contribution in [2.45, 2.75) is 46.3 Å². The SMILES string of the molecule is CCn1c(=O)n(CC(=O)NC(Cc2ccccc2)C(=O)N(C)c2ccc3c(c2)OCO3)c2c(C)ccc(C)c21. The first kappa shape index (κ1) is 26.1. The molecule has 1 aliphatic rings. The molecule has 2 heterocycles. The lowest BCUT2D eigenvalue weighted by molar-refractivity contribution is -0.127. The van der Waals surface area contributed by atoms with Gasteiger partial charge in [-0.1, -0.05) is 42.5 Å². The number of benzene rings is 3. The minimum Gasteiger partial charge on any atom is -0.454 e. The molecule has 3 aromatic carbocycles. The summed E-state index contributed by atoms with van der Waals surface area (Å²) in [6.07, 6.45) is 0.296. The third kappa shape index (κ3) is 4.99. The maximum atomic E-state index is 13.7. The molecule has 1 aliphatic heterocycles. The molecule has 1 atom stereocenters. The first-order chi connectivity index (χ1) is 18.8. The predicted molar refractivity (Wildman–Crippen MR) is 149 cm³/mol. The Hall–Kier alpha value is -4.53. The van der Waals surface area contributed by atoms with Crippen molar-refractivity contribution in [3.8, 4) is 11.5 Å². The van der Waals surface area contributed by atoms with E-state index in [2.05, 4.69) is 5.32 Å². The number of amides is 2. The van der Waals surface area contributed by atoms with Crippen molar-refractivity contribution in [2.75, 3.05) is 18.7 Å². The number of aromatic nitrogens is 2. The summed E-state index contributed by atoms with van der Waals surface area (Å²) in [6, 6.07) is 17.9. The Labute approximate surface area is 226 Å². The molecule has 0 spiro atoms. The smallest absolute Gasteiger partial charge is 0.329 e. The van der Waals surface area contributed by atoms with Crippen LogP contribution in [0.4, 0.5) is 5.69 Å². The first-order valence-corrected chi connectivity index (χ1v) is 13.0. The van der Waals surface area contributed by atoms with Crippen molar-refractivity contribution >= 4 is 28.5 Å². The van der Waals surface area contributed by atoms with Gasteiger partial charge in [0, 0.05) is 31.8 Å². The van der Waals surface area contributed by atoms with E-state index in [1.165, 1.54) is 9.47 Å². The van der Waals surface area contributed by atoms with Gasteiger partial charge in [-0.25, -0.2) is 4.79 Å². The van der Waals surface area contributed by atoms with Crippen molar-refractivity contribution < 1.29 is 19.1 Å². The maximum absolute atomic E-state index is 13.7. The van der Waals surface area contributed by atoms with Gasteiger partial charge in [-0.2, -0.15) is 0 Å². The highest BCUT2D eigenvalue weighted by atomic mass is 16.7. The van der Waals surface area contributed by atoms with Gasteiger partial charge in [0.05, 0.1) is 11.0 Å². The summed E-state index contributed by atoms with van der Waals surface area (Å²) in [5, 5.41) is 2.91. The number of nitrogens with one attached hydrogen (secondary N) is 1. The highest BCUT2D eigenvalue weighted by Gasteiger charge is 2.27. The molecule has 0 saturated carbocycles. The van der Waals surface area contributed by atoms with Crippen molar-refractivity contribution in [2.24, 2.45) is 0 Å². The van der Waals surface area contributed by atoms with Crippen LogP contribution in [0.15, 0.2) is 65.5 Å². The molecule has 39 heavy (non-hydrogen) atoms. The number of nitrogens with zero attached hydrogens (tertiary/aromatic N) is 3. The molecule has 1 aromatic heterocycles. The second-order valence-corrected chi connectivity index (χ2v) is 9.75. The number of hydrogen-bond donors (Lipinski definition) is 1. The second-order valence-electron chi connectivity index (χ2n) is 9.75. The van der Waals surface area contributed by atoms with E-state index in [0.29, 0.717) is 30.2 Å². The molecule has 2 amide bonds. The molecule has 0 fully saturated rings. The van der Waals surface area contributed by atoms with Gasteiger partial charge >= 0.3 is 5.69 Å². The molecule has 0 aliphatic carbocycles. The van der Waals surface area contributed by atoms with E-state index in [9.17, 15) is 14.4 Å². The van der Waals surface area contributed by atoms with Gasteiger partial charge in [-0.3, -0.25) is 18.7 Å². The first-order valence-electron chi connectivity index (χ1n) is 13.0. The Morgan fingerprint density at radius 3 is 2.31 bits per heavy atom. The molecule has 1 unspecified atom stereocenters. The predicted octanol–water partition coefficient (Wildman–Crippen LogP) is 3.56. The summed E-state index contributed by atoms with van der Waals surface area (Å²) in [5.74, 6) is 0.479. The Kier molecular flexibility index (Phi) is 7.15. The van der Waals surface area contributed by atoms with Crippen LogP contribution in [0.1, 0.15) is 23.6 Å². The quantitative estimate of drug-likeness (QED) is 0.377. The number of ether oxygens (including phenoxy) is 2. The normalized spacial score (nSPS) is 12.9. The zero-order valence-corrected chi connectivity index (χ0v) is 22.6.